The molecule has 0 fully saturated rings. The molecule has 7 nitrogen and oxygen atoms in total. The van der Waals surface area contributed by atoms with Crippen LogP contribution in [0.3, 0.4) is 0 Å². The highest BCUT2D eigenvalue weighted by Gasteiger charge is 2.23. The third-order valence-corrected chi connectivity index (χ3v) is 5.39. The number of aromatic nitrogens is 3. The van der Waals surface area contributed by atoms with E-state index in [2.05, 4.69) is 16.5 Å². The minimum atomic E-state index is -0.592. The van der Waals surface area contributed by atoms with Crippen LogP contribution in [0, 0.1) is 0 Å². The van der Waals surface area contributed by atoms with Gasteiger partial charge in [0.25, 0.3) is 11.5 Å². The van der Waals surface area contributed by atoms with E-state index >= 15 is 0 Å². The molecule has 2 heterocycles. The number of nitrogens with one attached hydrogen (secondary N) is 1. The Labute approximate surface area is 187 Å². The van der Waals surface area contributed by atoms with Gasteiger partial charge in [-0.2, -0.15) is 0 Å². The quantitative estimate of drug-likeness (QED) is 0.522. The molecule has 0 bridgehead atoms. The van der Waals surface area contributed by atoms with Crippen molar-refractivity contribution in [3.63, 3.8) is 0 Å². The minimum Gasteiger partial charge on any atom is -0.335 e. The van der Waals surface area contributed by atoms with Crippen LogP contribution in [0.15, 0.2) is 58.6 Å². The van der Waals surface area contributed by atoms with Crippen molar-refractivity contribution in [2.45, 2.75) is 46.1 Å². The molecule has 168 valence electrons. The summed E-state index contributed by atoms with van der Waals surface area (Å²) in [6, 6.07) is 11.6. The number of H-pyrrole nitrogens is 1. The van der Waals surface area contributed by atoms with Crippen LogP contribution < -0.4 is 11.2 Å². The standard InChI is InChI=1S/C25H30N4O3/c1-5-13-28(15-12-18-10-8-7-9-11-18)24(31)19-16-20(17(3)4)26-22-21(19)23(30)27-25(32)29(22)14-6-2/h5,7-11,16-17H,1,6,12-15H2,2-4H3,(H,27,30,32). The fourth-order valence-electron chi connectivity index (χ4n) is 3.70. The van der Waals surface area contributed by atoms with Crippen molar-refractivity contribution in [3.8, 4) is 0 Å². The van der Waals surface area contributed by atoms with Crippen molar-refractivity contribution < 1.29 is 4.79 Å². The Morgan fingerprint density at radius 3 is 2.59 bits per heavy atom. The van der Waals surface area contributed by atoms with E-state index < -0.39 is 11.2 Å². The lowest BCUT2D eigenvalue weighted by Crippen LogP contribution is -2.36. The molecule has 2 aromatic heterocycles. The molecule has 0 saturated heterocycles. The topological polar surface area (TPSA) is 88.1 Å². The van der Waals surface area contributed by atoms with Crippen molar-refractivity contribution >= 4 is 16.9 Å². The second-order valence-corrected chi connectivity index (χ2v) is 8.13. The molecule has 1 aromatic carbocycles. The van der Waals surface area contributed by atoms with Crippen molar-refractivity contribution in [2.75, 3.05) is 13.1 Å². The molecule has 32 heavy (non-hydrogen) atoms. The van der Waals surface area contributed by atoms with E-state index in [0.29, 0.717) is 38.2 Å². The van der Waals surface area contributed by atoms with E-state index in [0.717, 1.165) is 5.56 Å². The lowest BCUT2D eigenvalue weighted by Gasteiger charge is -2.23. The van der Waals surface area contributed by atoms with Gasteiger partial charge in [-0.1, -0.05) is 57.2 Å². The molecule has 0 aliphatic carbocycles. The van der Waals surface area contributed by atoms with Crippen LogP contribution >= 0.6 is 0 Å². The molecule has 0 spiro atoms. The molecule has 3 aromatic rings. The van der Waals surface area contributed by atoms with Crippen LogP contribution in [0.5, 0.6) is 0 Å². The first kappa shape index (κ1) is 23.2. The van der Waals surface area contributed by atoms with E-state index in [-0.39, 0.29) is 28.4 Å². The van der Waals surface area contributed by atoms with Gasteiger partial charge in [-0.3, -0.25) is 19.1 Å². The number of carbonyl (C=O) groups is 1. The first-order valence-corrected chi connectivity index (χ1v) is 11.0. The molecule has 1 N–H and O–H groups in total. The number of hydrogen-bond donors (Lipinski definition) is 1. The Bertz CT molecular complexity index is 1230. The minimum absolute atomic E-state index is 0.0209. The highest BCUT2D eigenvalue weighted by atomic mass is 16.2. The number of nitrogens with zero attached hydrogens (tertiary/aromatic N) is 3. The lowest BCUT2D eigenvalue weighted by atomic mass is 10.0. The number of benzene rings is 1. The van der Waals surface area contributed by atoms with E-state index in [1.165, 1.54) is 4.57 Å². The number of fused-ring (bicyclic) bond motifs is 1. The fourth-order valence-corrected chi connectivity index (χ4v) is 3.70. The fraction of sp³-hybridized carbons (Fsp3) is 0.360. The van der Waals surface area contributed by atoms with Gasteiger partial charge in [0.2, 0.25) is 0 Å². The normalized spacial score (nSPS) is 11.1. The van der Waals surface area contributed by atoms with E-state index in [1.54, 1.807) is 17.0 Å². The number of aryl methyl sites for hydroxylation is 1. The molecule has 0 aliphatic rings. The summed E-state index contributed by atoms with van der Waals surface area (Å²) < 4.78 is 1.45. The van der Waals surface area contributed by atoms with Crippen LogP contribution in [0.25, 0.3) is 11.0 Å². The zero-order valence-corrected chi connectivity index (χ0v) is 18.9. The summed E-state index contributed by atoms with van der Waals surface area (Å²) in [4.78, 5) is 47.6. The zero-order valence-electron chi connectivity index (χ0n) is 18.9. The van der Waals surface area contributed by atoms with Crippen LogP contribution in [-0.4, -0.2) is 38.4 Å². The van der Waals surface area contributed by atoms with Crippen molar-refractivity contribution in [1.82, 2.24) is 19.4 Å². The lowest BCUT2D eigenvalue weighted by molar-refractivity contribution is 0.0777. The van der Waals surface area contributed by atoms with Crippen molar-refractivity contribution in [3.05, 3.63) is 86.7 Å². The predicted octanol–water partition coefficient (Wildman–Crippen LogP) is 3.49. The number of carbonyl (C=O) groups excluding carboxylic acids is 1. The number of rotatable bonds is 9. The summed E-state index contributed by atoms with van der Waals surface area (Å²) >= 11 is 0. The Hall–Kier alpha value is -3.48. The van der Waals surface area contributed by atoms with Gasteiger partial charge in [-0.25, -0.2) is 9.78 Å². The van der Waals surface area contributed by atoms with Crippen LogP contribution in [0.4, 0.5) is 0 Å². The molecule has 0 radical (unpaired) electrons. The van der Waals surface area contributed by atoms with Gasteiger partial charge in [0, 0.05) is 25.3 Å². The van der Waals surface area contributed by atoms with E-state index in [4.69, 9.17) is 0 Å². The van der Waals surface area contributed by atoms with Crippen LogP contribution in [0.2, 0.25) is 0 Å². The number of aromatic amines is 1. The predicted molar refractivity (Wildman–Crippen MR) is 127 cm³/mol. The smallest absolute Gasteiger partial charge is 0.329 e. The Morgan fingerprint density at radius 2 is 1.97 bits per heavy atom. The highest BCUT2D eigenvalue weighted by Crippen LogP contribution is 2.21. The maximum atomic E-state index is 13.7. The number of pyridine rings is 1. The van der Waals surface area contributed by atoms with Gasteiger partial charge in [-0.05, 0) is 30.4 Å². The summed E-state index contributed by atoms with van der Waals surface area (Å²) in [5.74, 6) is -0.255. The van der Waals surface area contributed by atoms with Crippen LogP contribution in [-0.2, 0) is 13.0 Å². The molecule has 3 rings (SSSR count). The molecule has 0 unspecified atom stereocenters. The number of hydrogen-bond acceptors (Lipinski definition) is 4. The van der Waals surface area contributed by atoms with Crippen molar-refractivity contribution in [2.24, 2.45) is 0 Å². The van der Waals surface area contributed by atoms with Crippen LogP contribution in [0.1, 0.15) is 54.7 Å². The average Bonchev–Trinajstić information content (AvgIpc) is 2.78. The molecule has 0 saturated carbocycles. The van der Waals surface area contributed by atoms with Gasteiger partial charge in [0.1, 0.15) is 0 Å². The average molecular weight is 435 g/mol. The molecule has 0 atom stereocenters. The molecule has 1 amide bonds. The molecule has 0 aliphatic heterocycles. The van der Waals surface area contributed by atoms with Crippen molar-refractivity contribution in [1.29, 1.82) is 0 Å². The Kier molecular flexibility index (Phi) is 7.41. The third kappa shape index (κ3) is 4.88. The van der Waals surface area contributed by atoms with Gasteiger partial charge >= 0.3 is 5.69 Å². The first-order chi connectivity index (χ1) is 15.4. The molecular formula is C25H30N4O3. The second kappa shape index (κ2) is 10.2. The van der Waals surface area contributed by atoms with Gasteiger partial charge < -0.3 is 4.90 Å². The summed E-state index contributed by atoms with van der Waals surface area (Å²) in [5, 5.41) is 0.154. The SMILES string of the molecule is C=CCN(CCc1ccccc1)C(=O)c1cc(C(C)C)nc2c1c(=O)[nH]c(=O)n2CCC. The molecular weight excluding hydrogens is 404 g/mol. The summed E-state index contributed by atoms with van der Waals surface area (Å²) in [7, 11) is 0. The maximum Gasteiger partial charge on any atom is 0.329 e. The molecule has 7 heteroatoms. The summed E-state index contributed by atoms with van der Waals surface area (Å²) in [6.07, 6.45) is 3.04. The largest absolute Gasteiger partial charge is 0.335 e. The van der Waals surface area contributed by atoms with E-state index in [1.807, 2.05) is 51.1 Å². The Balaban J connectivity index is 2.14. The van der Waals surface area contributed by atoms with Gasteiger partial charge in [0.15, 0.2) is 5.65 Å². The number of amides is 1. The second-order valence-electron chi connectivity index (χ2n) is 8.13. The third-order valence-electron chi connectivity index (χ3n) is 5.39. The summed E-state index contributed by atoms with van der Waals surface area (Å²) in [6.45, 7) is 10.9. The first-order valence-electron chi connectivity index (χ1n) is 11.0. The van der Waals surface area contributed by atoms with Gasteiger partial charge in [0.05, 0.1) is 10.9 Å². The highest BCUT2D eigenvalue weighted by molar-refractivity contribution is 6.05. The van der Waals surface area contributed by atoms with Gasteiger partial charge in [-0.15, -0.1) is 6.58 Å². The Morgan fingerprint density at radius 1 is 1.25 bits per heavy atom. The summed E-state index contributed by atoms with van der Waals surface area (Å²) in [5.41, 5.74) is 1.20. The zero-order chi connectivity index (χ0) is 23.3. The van der Waals surface area contributed by atoms with E-state index in [9.17, 15) is 14.4 Å². The monoisotopic (exact) mass is 434 g/mol. The maximum absolute atomic E-state index is 13.7.